The van der Waals surface area contributed by atoms with Gasteiger partial charge in [-0.1, -0.05) is 17.3 Å². The molecule has 0 aliphatic heterocycles. The average Bonchev–Trinajstić information content (AvgIpc) is 3.16. The third-order valence-corrected chi connectivity index (χ3v) is 3.90. The summed E-state index contributed by atoms with van der Waals surface area (Å²) in [6.45, 7) is 0.572. The van der Waals surface area contributed by atoms with Gasteiger partial charge < -0.3 is 10.3 Å². The Labute approximate surface area is 110 Å². The Bertz CT molecular complexity index is 537. The average molecular weight is 261 g/mol. The van der Waals surface area contributed by atoms with Gasteiger partial charge in [-0.25, -0.2) is 0 Å². The SMILES string of the molecule is NCc1cccc(SCc2noc(C3CC3)n2)c1. The molecule has 2 aromatic rings. The Balaban J connectivity index is 1.61. The van der Waals surface area contributed by atoms with Gasteiger partial charge in [0.25, 0.3) is 0 Å². The van der Waals surface area contributed by atoms with Crippen LogP contribution in [0.25, 0.3) is 0 Å². The lowest BCUT2D eigenvalue weighted by atomic mass is 10.2. The van der Waals surface area contributed by atoms with Crippen molar-refractivity contribution in [3.8, 4) is 0 Å². The Morgan fingerprint density at radius 1 is 1.39 bits per heavy atom. The van der Waals surface area contributed by atoms with Crippen LogP contribution in [-0.2, 0) is 12.3 Å². The van der Waals surface area contributed by atoms with E-state index in [4.69, 9.17) is 10.3 Å². The van der Waals surface area contributed by atoms with Crippen molar-refractivity contribution in [1.82, 2.24) is 10.1 Å². The minimum absolute atomic E-state index is 0.525. The smallest absolute Gasteiger partial charge is 0.229 e. The van der Waals surface area contributed by atoms with Crippen LogP contribution in [0.2, 0.25) is 0 Å². The second-order valence-corrected chi connectivity index (χ2v) is 5.51. The van der Waals surface area contributed by atoms with Gasteiger partial charge in [-0.2, -0.15) is 4.98 Å². The lowest BCUT2D eigenvalue weighted by molar-refractivity contribution is 0.375. The highest BCUT2D eigenvalue weighted by molar-refractivity contribution is 7.98. The third kappa shape index (κ3) is 2.73. The summed E-state index contributed by atoms with van der Waals surface area (Å²) in [5.74, 6) is 2.85. The summed E-state index contributed by atoms with van der Waals surface area (Å²) in [5, 5.41) is 4.00. The molecule has 1 aliphatic carbocycles. The van der Waals surface area contributed by atoms with Crippen molar-refractivity contribution in [1.29, 1.82) is 0 Å². The first-order valence-electron chi connectivity index (χ1n) is 6.09. The molecular weight excluding hydrogens is 246 g/mol. The van der Waals surface area contributed by atoms with E-state index in [1.807, 2.05) is 12.1 Å². The van der Waals surface area contributed by atoms with Gasteiger partial charge in [0.1, 0.15) is 0 Å². The summed E-state index contributed by atoms with van der Waals surface area (Å²) in [5.41, 5.74) is 6.77. The van der Waals surface area contributed by atoms with Gasteiger partial charge in [0.2, 0.25) is 5.89 Å². The second-order valence-electron chi connectivity index (χ2n) is 4.46. The molecule has 1 fully saturated rings. The Morgan fingerprint density at radius 2 is 2.28 bits per heavy atom. The van der Waals surface area contributed by atoms with Crippen LogP contribution in [0.15, 0.2) is 33.7 Å². The van der Waals surface area contributed by atoms with E-state index in [9.17, 15) is 0 Å². The fourth-order valence-corrected chi connectivity index (χ4v) is 2.55. The van der Waals surface area contributed by atoms with E-state index in [1.54, 1.807) is 11.8 Å². The number of aromatic nitrogens is 2. The third-order valence-electron chi connectivity index (χ3n) is 2.91. The van der Waals surface area contributed by atoms with Crippen molar-refractivity contribution in [3.63, 3.8) is 0 Å². The van der Waals surface area contributed by atoms with Crippen molar-refractivity contribution in [2.75, 3.05) is 0 Å². The van der Waals surface area contributed by atoms with E-state index in [-0.39, 0.29) is 0 Å². The molecular formula is C13H15N3OS. The normalized spacial score (nSPS) is 14.9. The predicted octanol–water partition coefficient (Wildman–Crippen LogP) is 2.70. The molecule has 0 spiro atoms. The maximum Gasteiger partial charge on any atom is 0.229 e. The van der Waals surface area contributed by atoms with Crippen LogP contribution in [0, 0.1) is 0 Å². The van der Waals surface area contributed by atoms with Crippen molar-refractivity contribution in [3.05, 3.63) is 41.5 Å². The molecule has 1 aromatic heterocycles. The highest BCUT2D eigenvalue weighted by Crippen LogP contribution is 2.39. The van der Waals surface area contributed by atoms with E-state index in [1.165, 1.54) is 17.7 Å². The first-order chi connectivity index (χ1) is 8.85. The molecule has 1 aromatic carbocycles. The summed E-state index contributed by atoms with van der Waals surface area (Å²) < 4.78 is 5.23. The van der Waals surface area contributed by atoms with Crippen LogP contribution in [0.3, 0.4) is 0 Å². The van der Waals surface area contributed by atoms with Crippen molar-refractivity contribution < 1.29 is 4.52 Å². The van der Waals surface area contributed by atoms with Crippen LogP contribution < -0.4 is 5.73 Å². The Kier molecular flexibility index (Phi) is 3.34. The monoisotopic (exact) mass is 261 g/mol. The number of thioether (sulfide) groups is 1. The van der Waals surface area contributed by atoms with Crippen molar-refractivity contribution in [2.24, 2.45) is 5.73 Å². The maximum absolute atomic E-state index is 5.62. The molecule has 0 unspecified atom stereocenters. The van der Waals surface area contributed by atoms with Gasteiger partial charge in [-0.15, -0.1) is 11.8 Å². The van der Waals surface area contributed by atoms with Gasteiger partial charge in [0.05, 0.1) is 5.75 Å². The zero-order chi connectivity index (χ0) is 12.4. The number of hydrogen-bond donors (Lipinski definition) is 1. The molecule has 5 heteroatoms. The minimum Gasteiger partial charge on any atom is -0.339 e. The number of benzene rings is 1. The van der Waals surface area contributed by atoms with Crippen LogP contribution in [0.1, 0.15) is 36.0 Å². The van der Waals surface area contributed by atoms with Gasteiger partial charge in [-0.3, -0.25) is 0 Å². The van der Waals surface area contributed by atoms with Crippen molar-refractivity contribution in [2.45, 2.75) is 36.0 Å². The lowest BCUT2D eigenvalue weighted by Gasteiger charge is -2.01. The van der Waals surface area contributed by atoms with Gasteiger partial charge in [0, 0.05) is 17.4 Å². The fraction of sp³-hybridized carbons (Fsp3) is 0.385. The maximum atomic E-state index is 5.62. The Hall–Kier alpha value is -1.33. The fourth-order valence-electron chi connectivity index (χ4n) is 1.73. The van der Waals surface area contributed by atoms with E-state index in [0.717, 1.165) is 23.0 Å². The van der Waals surface area contributed by atoms with Gasteiger partial charge in [0.15, 0.2) is 5.82 Å². The molecule has 3 rings (SSSR count). The number of nitrogens with two attached hydrogens (primary N) is 1. The summed E-state index contributed by atoms with van der Waals surface area (Å²) in [4.78, 5) is 5.60. The molecule has 0 atom stereocenters. The molecule has 94 valence electrons. The first kappa shape index (κ1) is 11.7. The molecule has 1 heterocycles. The van der Waals surface area contributed by atoms with E-state index in [0.29, 0.717) is 12.5 Å². The molecule has 2 N–H and O–H groups in total. The van der Waals surface area contributed by atoms with Crippen LogP contribution in [0.5, 0.6) is 0 Å². The van der Waals surface area contributed by atoms with E-state index in [2.05, 4.69) is 22.3 Å². The standard InChI is InChI=1S/C13H15N3OS/c14-7-9-2-1-3-11(6-9)18-8-12-15-13(17-16-12)10-4-5-10/h1-3,6,10H,4-5,7-8,14H2. The van der Waals surface area contributed by atoms with Gasteiger partial charge >= 0.3 is 0 Å². The summed E-state index contributed by atoms with van der Waals surface area (Å²) >= 11 is 1.71. The minimum atomic E-state index is 0.525. The van der Waals surface area contributed by atoms with Crippen LogP contribution >= 0.6 is 11.8 Å². The summed E-state index contributed by atoms with van der Waals surface area (Å²) in [7, 11) is 0. The van der Waals surface area contributed by atoms with Crippen LogP contribution in [0.4, 0.5) is 0 Å². The number of rotatable bonds is 5. The number of nitrogens with zero attached hydrogens (tertiary/aromatic N) is 2. The van der Waals surface area contributed by atoms with Crippen molar-refractivity contribution >= 4 is 11.8 Å². The van der Waals surface area contributed by atoms with Gasteiger partial charge in [-0.05, 0) is 30.5 Å². The molecule has 1 saturated carbocycles. The molecule has 0 radical (unpaired) electrons. The highest BCUT2D eigenvalue weighted by Gasteiger charge is 2.29. The highest BCUT2D eigenvalue weighted by atomic mass is 32.2. The molecule has 0 amide bonds. The Morgan fingerprint density at radius 3 is 3.06 bits per heavy atom. The topological polar surface area (TPSA) is 64.9 Å². The zero-order valence-electron chi connectivity index (χ0n) is 10.0. The van der Waals surface area contributed by atoms with Crippen LogP contribution in [-0.4, -0.2) is 10.1 Å². The molecule has 0 bridgehead atoms. The molecule has 1 aliphatic rings. The first-order valence-corrected chi connectivity index (χ1v) is 7.08. The molecule has 18 heavy (non-hydrogen) atoms. The largest absolute Gasteiger partial charge is 0.339 e. The zero-order valence-corrected chi connectivity index (χ0v) is 10.8. The quantitative estimate of drug-likeness (QED) is 0.838. The summed E-state index contributed by atoms with van der Waals surface area (Å²) in [6, 6.07) is 8.23. The molecule has 0 saturated heterocycles. The predicted molar refractivity (Wildman–Crippen MR) is 70.2 cm³/mol. The number of hydrogen-bond acceptors (Lipinski definition) is 5. The van der Waals surface area contributed by atoms with E-state index < -0.39 is 0 Å². The lowest BCUT2D eigenvalue weighted by Crippen LogP contribution is -1.95. The molecule has 4 nitrogen and oxygen atoms in total. The summed E-state index contributed by atoms with van der Waals surface area (Å²) in [6.07, 6.45) is 2.38. The van der Waals surface area contributed by atoms with E-state index >= 15 is 0 Å². The second kappa shape index (κ2) is 5.12.